The van der Waals surface area contributed by atoms with Crippen molar-refractivity contribution in [1.82, 2.24) is 5.32 Å². The van der Waals surface area contributed by atoms with Crippen LogP contribution in [0.15, 0.2) is 18.2 Å². The van der Waals surface area contributed by atoms with Crippen molar-refractivity contribution < 1.29 is 9.84 Å². The molecule has 3 heteroatoms. The van der Waals surface area contributed by atoms with Gasteiger partial charge in [0.25, 0.3) is 0 Å². The van der Waals surface area contributed by atoms with Crippen molar-refractivity contribution in [3.05, 3.63) is 29.3 Å². The molecule has 0 saturated heterocycles. The van der Waals surface area contributed by atoms with E-state index in [-0.39, 0.29) is 6.10 Å². The van der Waals surface area contributed by atoms with Crippen LogP contribution in [0.2, 0.25) is 0 Å². The van der Waals surface area contributed by atoms with Gasteiger partial charge < -0.3 is 15.2 Å². The first kappa shape index (κ1) is 14.0. The molecule has 1 aromatic carbocycles. The number of ether oxygens (including phenoxy) is 1. The van der Waals surface area contributed by atoms with Crippen molar-refractivity contribution in [2.24, 2.45) is 0 Å². The van der Waals surface area contributed by atoms with Gasteiger partial charge in [0.05, 0.1) is 12.2 Å². The molecule has 0 saturated carbocycles. The fraction of sp³-hybridized carbons (Fsp3) is 0.571. The van der Waals surface area contributed by atoms with Gasteiger partial charge in [0.2, 0.25) is 0 Å². The van der Waals surface area contributed by atoms with Crippen LogP contribution in [0.3, 0.4) is 0 Å². The number of likely N-dealkylation sites (N-methyl/N-ethyl adjacent to an activating group) is 1. The fourth-order valence-corrected chi connectivity index (χ4v) is 1.72. The molecule has 0 bridgehead atoms. The van der Waals surface area contributed by atoms with E-state index in [0.29, 0.717) is 6.54 Å². The molecule has 0 aliphatic heterocycles. The van der Waals surface area contributed by atoms with E-state index in [2.05, 4.69) is 19.2 Å². The highest BCUT2D eigenvalue weighted by atomic mass is 16.5. The molecule has 1 rings (SSSR count). The summed E-state index contributed by atoms with van der Waals surface area (Å²) in [6.07, 6.45) is 0.689. The number of nitrogens with one attached hydrogen (secondary N) is 1. The molecular weight excluding hydrogens is 214 g/mol. The summed E-state index contributed by atoms with van der Waals surface area (Å²) < 4.78 is 5.83. The van der Waals surface area contributed by atoms with Gasteiger partial charge in [0.1, 0.15) is 5.75 Å². The molecule has 0 radical (unpaired) electrons. The quantitative estimate of drug-likeness (QED) is 0.798. The maximum atomic E-state index is 10.00. The smallest absolute Gasteiger partial charge is 0.122 e. The minimum Gasteiger partial charge on any atom is -0.490 e. The van der Waals surface area contributed by atoms with Crippen LogP contribution in [-0.4, -0.2) is 24.8 Å². The topological polar surface area (TPSA) is 41.5 Å². The van der Waals surface area contributed by atoms with Gasteiger partial charge in [-0.15, -0.1) is 0 Å². The largest absolute Gasteiger partial charge is 0.490 e. The van der Waals surface area contributed by atoms with Gasteiger partial charge in [-0.05, 0) is 44.5 Å². The van der Waals surface area contributed by atoms with Gasteiger partial charge in [-0.25, -0.2) is 0 Å². The summed E-state index contributed by atoms with van der Waals surface area (Å²) in [5.41, 5.74) is 1.95. The van der Waals surface area contributed by atoms with E-state index in [4.69, 9.17) is 4.74 Å². The van der Waals surface area contributed by atoms with E-state index >= 15 is 0 Å². The van der Waals surface area contributed by atoms with Crippen molar-refractivity contribution in [1.29, 1.82) is 0 Å². The first-order chi connectivity index (χ1) is 8.10. The highest BCUT2D eigenvalue weighted by Gasteiger charge is 2.13. The highest BCUT2D eigenvalue weighted by molar-refractivity contribution is 5.40. The second-order valence-electron chi connectivity index (χ2n) is 4.38. The lowest BCUT2D eigenvalue weighted by atomic mass is 10.0. The third kappa shape index (κ3) is 3.72. The van der Waals surface area contributed by atoms with Gasteiger partial charge >= 0.3 is 0 Å². The van der Waals surface area contributed by atoms with Crippen LogP contribution in [0.1, 0.15) is 37.5 Å². The number of hydrogen-bond acceptors (Lipinski definition) is 3. The van der Waals surface area contributed by atoms with Crippen molar-refractivity contribution in [2.75, 3.05) is 13.6 Å². The minimum absolute atomic E-state index is 0.199. The minimum atomic E-state index is -0.486. The lowest BCUT2D eigenvalue weighted by Gasteiger charge is -2.19. The zero-order chi connectivity index (χ0) is 12.8. The Bertz CT molecular complexity index is 352. The summed E-state index contributed by atoms with van der Waals surface area (Å²) in [6, 6.07) is 5.83. The van der Waals surface area contributed by atoms with Crippen LogP contribution in [-0.2, 0) is 0 Å². The molecule has 0 amide bonds. The Hall–Kier alpha value is -1.06. The van der Waals surface area contributed by atoms with Crippen LogP contribution in [0, 0.1) is 6.92 Å². The number of aliphatic hydroxyl groups is 1. The second kappa shape index (κ2) is 6.62. The van der Waals surface area contributed by atoms with Gasteiger partial charge in [-0.3, -0.25) is 0 Å². The third-order valence-electron chi connectivity index (χ3n) is 2.99. The molecule has 2 atom stereocenters. The molecule has 0 aliphatic carbocycles. The second-order valence-corrected chi connectivity index (χ2v) is 4.38. The van der Waals surface area contributed by atoms with Crippen LogP contribution < -0.4 is 10.1 Å². The number of hydrogen-bond donors (Lipinski definition) is 2. The van der Waals surface area contributed by atoms with Crippen molar-refractivity contribution >= 4 is 0 Å². The Kier molecular flexibility index (Phi) is 5.45. The third-order valence-corrected chi connectivity index (χ3v) is 2.99. The highest BCUT2D eigenvalue weighted by Crippen LogP contribution is 2.27. The molecule has 2 N–H and O–H groups in total. The summed E-state index contributed by atoms with van der Waals surface area (Å²) >= 11 is 0. The summed E-state index contributed by atoms with van der Waals surface area (Å²) in [6.45, 7) is 6.69. The van der Waals surface area contributed by atoms with E-state index in [1.54, 1.807) is 0 Å². The van der Waals surface area contributed by atoms with Gasteiger partial charge in [0, 0.05) is 6.54 Å². The SMILES string of the molecule is CCC(C)Oc1cccc(C(O)CNC)c1C. The summed E-state index contributed by atoms with van der Waals surface area (Å²) in [7, 11) is 1.83. The molecular formula is C14H23NO2. The van der Waals surface area contributed by atoms with Crippen LogP contribution in [0.25, 0.3) is 0 Å². The first-order valence-corrected chi connectivity index (χ1v) is 6.19. The van der Waals surface area contributed by atoms with Gasteiger partial charge in [-0.1, -0.05) is 19.1 Å². The fourth-order valence-electron chi connectivity index (χ4n) is 1.72. The zero-order valence-corrected chi connectivity index (χ0v) is 11.2. The van der Waals surface area contributed by atoms with E-state index in [0.717, 1.165) is 23.3 Å². The lowest BCUT2D eigenvalue weighted by Crippen LogP contribution is -2.18. The molecule has 0 aromatic heterocycles. The standard InChI is InChI=1S/C14H23NO2/c1-5-10(2)17-14-8-6-7-12(11(14)3)13(16)9-15-4/h6-8,10,13,15-16H,5,9H2,1-4H3. The number of aliphatic hydroxyl groups excluding tert-OH is 1. The van der Waals surface area contributed by atoms with Gasteiger partial charge in [-0.2, -0.15) is 0 Å². The molecule has 2 unspecified atom stereocenters. The molecule has 1 aromatic rings. The lowest BCUT2D eigenvalue weighted by molar-refractivity contribution is 0.174. The van der Waals surface area contributed by atoms with Gasteiger partial charge in [0.15, 0.2) is 0 Å². The molecule has 0 heterocycles. The number of rotatable bonds is 6. The molecule has 0 fully saturated rings. The van der Waals surface area contributed by atoms with E-state index < -0.39 is 6.10 Å². The molecule has 3 nitrogen and oxygen atoms in total. The molecule has 0 aliphatic rings. The Labute approximate surface area is 104 Å². The zero-order valence-electron chi connectivity index (χ0n) is 11.2. The molecule has 17 heavy (non-hydrogen) atoms. The van der Waals surface area contributed by atoms with Crippen LogP contribution in [0.5, 0.6) is 5.75 Å². The molecule has 0 spiro atoms. The van der Waals surface area contributed by atoms with Crippen molar-refractivity contribution in [2.45, 2.75) is 39.4 Å². The van der Waals surface area contributed by atoms with Crippen LogP contribution in [0.4, 0.5) is 0 Å². The normalized spacial score (nSPS) is 14.4. The monoisotopic (exact) mass is 237 g/mol. The van der Waals surface area contributed by atoms with Crippen molar-refractivity contribution in [3.63, 3.8) is 0 Å². The maximum absolute atomic E-state index is 10.00. The van der Waals surface area contributed by atoms with E-state index in [1.165, 1.54) is 0 Å². The summed E-state index contributed by atoms with van der Waals surface area (Å²) in [4.78, 5) is 0. The average molecular weight is 237 g/mol. The average Bonchev–Trinajstić information content (AvgIpc) is 2.32. The predicted octanol–water partition coefficient (Wildman–Crippen LogP) is 2.43. The molecule has 96 valence electrons. The Morgan fingerprint density at radius 1 is 1.41 bits per heavy atom. The van der Waals surface area contributed by atoms with Crippen molar-refractivity contribution in [3.8, 4) is 5.75 Å². The number of benzene rings is 1. The predicted molar refractivity (Wildman–Crippen MR) is 70.4 cm³/mol. The Morgan fingerprint density at radius 2 is 2.12 bits per heavy atom. The van der Waals surface area contributed by atoms with E-state index in [9.17, 15) is 5.11 Å². The Morgan fingerprint density at radius 3 is 2.71 bits per heavy atom. The van der Waals surface area contributed by atoms with E-state index in [1.807, 2.05) is 32.2 Å². The maximum Gasteiger partial charge on any atom is 0.122 e. The summed E-state index contributed by atoms with van der Waals surface area (Å²) in [5.74, 6) is 0.868. The van der Waals surface area contributed by atoms with Crippen LogP contribution >= 0.6 is 0 Å². The summed E-state index contributed by atoms with van der Waals surface area (Å²) in [5, 5.41) is 13.0. The first-order valence-electron chi connectivity index (χ1n) is 6.19. The Balaban J connectivity index is 2.90.